The van der Waals surface area contributed by atoms with Crippen molar-refractivity contribution in [3.05, 3.63) is 78.1 Å². The highest BCUT2D eigenvalue weighted by atomic mass is 35.5. The number of ketones is 2. The summed E-state index contributed by atoms with van der Waals surface area (Å²) in [6.45, 7) is 1.73. The maximum Gasteiger partial charge on any atom is 0.332 e. The molecule has 1 N–H and O–H groups in total. The Morgan fingerprint density at radius 2 is 1.55 bits per heavy atom. The van der Waals surface area contributed by atoms with Crippen molar-refractivity contribution in [3.8, 4) is 28.7 Å². The number of carbonyl (C=O) groups excluding carboxylic acids is 2. The summed E-state index contributed by atoms with van der Waals surface area (Å²) >= 11 is 6.61. The number of methoxy groups -OCH3 is 4. The maximum atomic E-state index is 15.0. The van der Waals surface area contributed by atoms with Crippen LogP contribution in [0.25, 0.3) is 0 Å². The average molecular weight is 624 g/mol. The summed E-state index contributed by atoms with van der Waals surface area (Å²) in [6, 6.07) is 6.52. The first-order valence-electron chi connectivity index (χ1n) is 13.7. The van der Waals surface area contributed by atoms with E-state index in [1.807, 2.05) is 0 Å². The van der Waals surface area contributed by atoms with Crippen LogP contribution in [0, 0.1) is 5.92 Å². The minimum absolute atomic E-state index is 0.0118. The Morgan fingerprint density at radius 1 is 0.886 bits per heavy atom. The first kappa shape index (κ1) is 29.4. The Hall–Kier alpha value is -4.71. The monoisotopic (exact) mass is 623 g/mol. The molecule has 0 amide bonds. The van der Waals surface area contributed by atoms with E-state index in [2.05, 4.69) is 5.32 Å². The number of nitrogens with zero attached hydrogens (tertiary/aromatic N) is 2. The van der Waals surface area contributed by atoms with Crippen molar-refractivity contribution < 1.29 is 33.3 Å². The van der Waals surface area contributed by atoms with E-state index in [1.54, 1.807) is 32.2 Å². The summed E-state index contributed by atoms with van der Waals surface area (Å²) in [5.41, 5.74) is -1.83. The molecule has 13 heteroatoms. The normalized spacial score (nSPS) is 21.7. The lowest BCUT2D eigenvalue weighted by Crippen LogP contribution is -2.58. The highest BCUT2D eigenvalue weighted by Gasteiger charge is 2.63. The first-order valence-corrected chi connectivity index (χ1v) is 14.1. The molecule has 12 nitrogen and oxygen atoms in total. The van der Waals surface area contributed by atoms with Crippen molar-refractivity contribution in [3.63, 3.8) is 0 Å². The number of ether oxygens (including phenoxy) is 5. The SMILES string of the molecule is COc1ccc(C2C3=C(CC(C)C4(Oc5c(Cl)c(OC)cc(OC)c5C4=O)C3=O)Nc3c2c(=O)n(C)c(=O)n3C)cc1OC. The number of carbonyl (C=O) groups is 2. The molecule has 0 bridgehead atoms. The molecule has 3 aliphatic rings. The van der Waals surface area contributed by atoms with Gasteiger partial charge in [0.25, 0.3) is 5.56 Å². The molecule has 3 heterocycles. The van der Waals surface area contributed by atoms with E-state index < -0.39 is 40.3 Å². The molecule has 230 valence electrons. The quantitative estimate of drug-likeness (QED) is 0.422. The number of benzene rings is 2. The lowest BCUT2D eigenvalue weighted by molar-refractivity contribution is -0.130. The van der Waals surface area contributed by atoms with Gasteiger partial charge in [0.15, 0.2) is 17.2 Å². The molecule has 1 aromatic heterocycles. The third-order valence-electron chi connectivity index (χ3n) is 8.82. The lowest BCUT2D eigenvalue weighted by atomic mass is 9.66. The molecule has 3 unspecified atom stereocenters. The highest BCUT2D eigenvalue weighted by Crippen LogP contribution is 2.56. The van der Waals surface area contributed by atoms with Gasteiger partial charge in [-0.3, -0.25) is 23.5 Å². The van der Waals surface area contributed by atoms with Crippen LogP contribution in [0.1, 0.15) is 40.7 Å². The molecule has 2 aromatic carbocycles. The zero-order valence-corrected chi connectivity index (χ0v) is 25.9. The van der Waals surface area contributed by atoms with Gasteiger partial charge in [0.2, 0.25) is 17.2 Å². The number of halogens is 1. The summed E-state index contributed by atoms with van der Waals surface area (Å²) in [5.74, 6) is -1.54. The number of aromatic nitrogens is 2. The number of rotatable bonds is 5. The molecule has 0 saturated heterocycles. The molecular weight excluding hydrogens is 594 g/mol. The molecule has 2 aliphatic heterocycles. The summed E-state index contributed by atoms with van der Waals surface area (Å²) in [4.78, 5) is 56.1. The van der Waals surface area contributed by atoms with Gasteiger partial charge in [0.05, 0.1) is 34.0 Å². The summed E-state index contributed by atoms with van der Waals surface area (Å²) in [7, 11) is 8.69. The predicted molar refractivity (Wildman–Crippen MR) is 160 cm³/mol. The number of nitrogens with one attached hydrogen (secondary N) is 1. The minimum Gasteiger partial charge on any atom is -0.496 e. The van der Waals surface area contributed by atoms with Gasteiger partial charge in [-0.2, -0.15) is 0 Å². The minimum atomic E-state index is -2.01. The number of anilines is 1. The molecule has 1 spiro atoms. The fourth-order valence-electron chi connectivity index (χ4n) is 6.55. The standard InChI is InChI=1S/C31H30ClN3O9/c1-13-10-15-21(26(36)31(13)27(37)22-18(42-6)12-19(43-7)24(32)25(22)44-31)20(14-8-9-16(40-4)17(11-14)41-5)23-28(33-15)34(2)30(39)35(3)29(23)38/h8-9,11-13,20,33H,10H2,1-7H3. The van der Waals surface area contributed by atoms with E-state index in [0.29, 0.717) is 22.8 Å². The van der Waals surface area contributed by atoms with E-state index >= 15 is 0 Å². The van der Waals surface area contributed by atoms with Gasteiger partial charge in [-0.25, -0.2) is 4.79 Å². The van der Waals surface area contributed by atoms with Gasteiger partial charge in [-0.1, -0.05) is 24.6 Å². The summed E-state index contributed by atoms with van der Waals surface area (Å²) < 4.78 is 30.5. The fraction of sp³-hybridized carbons (Fsp3) is 0.355. The van der Waals surface area contributed by atoms with E-state index in [0.717, 1.165) is 4.57 Å². The Bertz CT molecular complexity index is 1940. The number of allylic oxidation sites excluding steroid dienone is 1. The van der Waals surface area contributed by atoms with Gasteiger partial charge >= 0.3 is 5.69 Å². The van der Waals surface area contributed by atoms with E-state index in [9.17, 15) is 19.2 Å². The Balaban J connectivity index is 1.63. The van der Waals surface area contributed by atoms with E-state index in [1.165, 1.54) is 46.1 Å². The van der Waals surface area contributed by atoms with Crippen molar-refractivity contribution in [1.29, 1.82) is 0 Å². The molecule has 0 saturated carbocycles. The third kappa shape index (κ3) is 3.69. The van der Waals surface area contributed by atoms with Crippen LogP contribution in [0.15, 0.2) is 45.1 Å². The van der Waals surface area contributed by atoms with Crippen LogP contribution in [0.2, 0.25) is 5.02 Å². The largest absolute Gasteiger partial charge is 0.496 e. The van der Waals surface area contributed by atoms with Gasteiger partial charge in [0.1, 0.15) is 27.9 Å². The summed E-state index contributed by atoms with van der Waals surface area (Å²) in [6.07, 6.45) is 0.171. The Labute approximate surface area is 256 Å². The second-order valence-electron chi connectivity index (χ2n) is 10.9. The smallest absolute Gasteiger partial charge is 0.332 e. The Morgan fingerprint density at radius 3 is 2.18 bits per heavy atom. The number of Topliss-reactive ketones (excluding diaryl/α,β-unsaturated/α-hetero) is 2. The number of hydrogen-bond acceptors (Lipinski definition) is 10. The number of fused-ring (bicyclic) bond motifs is 2. The maximum absolute atomic E-state index is 15.0. The van der Waals surface area contributed by atoms with Gasteiger partial charge in [-0.05, 0) is 24.1 Å². The van der Waals surface area contributed by atoms with Crippen LogP contribution in [0.3, 0.4) is 0 Å². The molecule has 44 heavy (non-hydrogen) atoms. The topological polar surface area (TPSA) is 136 Å². The van der Waals surface area contributed by atoms with Crippen molar-refractivity contribution in [2.24, 2.45) is 20.0 Å². The molecule has 6 rings (SSSR count). The van der Waals surface area contributed by atoms with Crippen molar-refractivity contribution in [1.82, 2.24) is 9.13 Å². The van der Waals surface area contributed by atoms with Crippen molar-refractivity contribution in [2.75, 3.05) is 33.8 Å². The van der Waals surface area contributed by atoms with Crippen molar-refractivity contribution >= 4 is 29.0 Å². The fourth-order valence-corrected chi connectivity index (χ4v) is 6.82. The molecule has 0 radical (unpaired) electrons. The third-order valence-corrected chi connectivity index (χ3v) is 9.17. The van der Waals surface area contributed by atoms with Crippen LogP contribution in [0.4, 0.5) is 5.82 Å². The zero-order valence-electron chi connectivity index (χ0n) is 25.1. The van der Waals surface area contributed by atoms with E-state index in [4.69, 9.17) is 35.3 Å². The zero-order chi connectivity index (χ0) is 31.8. The van der Waals surface area contributed by atoms with Gasteiger partial charge in [0, 0.05) is 43.3 Å². The molecule has 3 aromatic rings. The average Bonchev–Trinajstić information content (AvgIpc) is 3.35. The molecule has 1 aliphatic carbocycles. The first-order chi connectivity index (χ1) is 21.0. The second kappa shape index (κ2) is 10.2. The summed E-state index contributed by atoms with van der Waals surface area (Å²) in [5, 5.41) is 3.23. The second-order valence-corrected chi connectivity index (χ2v) is 11.3. The van der Waals surface area contributed by atoms with E-state index in [-0.39, 0.29) is 51.2 Å². The van der Waals surface area contributed by atoms with Gasteiger partial charge < -0.3 is 29.0 Å². The predicted octanol–water partition coefficient (Wildman–Crippen LogP) is 3.21. The van der Waals surface area contributed by atoms with Crippen LogP contribution >= 0.6 is 11.6 Å². The number of hydrogen-bond donors (Lipinski definition) is 1. The van der Waals surface area contributed by atoms with Crippen LogP contribution in [0.5, 0.6) is 28.7 Å². The lowest BCUT2D eigenvalue weighted by Gasteiger charge is -2.42. The van der Waals surface area contributed by atoms with Crippen LogP contribution in [-0.4, -0.2) is 54.7 Å². The molecule has 3 atom stereocenters. The van der Waals surface area contributed by atoms with Crippen molar-refractivity contribution in [2.45, 2.75) is 24.9 Å². The Kier molecular flexibility index (Phi) is 6.80. The van der Waals surface area contributed by atoms with Crippen LogP contribution < -0.4 is 40.3 Å². The molecule has 0 fully saturated rings. The van der Waals surface area contributed by atoms with Crippen LogP contribution in [-0.2, 0) is 18.9 Å². The van der Waals surface area contributed by atoms with Gasteiger partial charge in [-0.15, -0.1) is 0 Å². The highest BCUT2D eigenvalue weighted by molar-refractivity contribution is 6.36. The molecular formula is C31H30ClN3O9.